The highest BCUT2D eigenvalue weighted by Gasteiger charge is 1.90. The van der Waals surface area contributed by atoms with Gasteiger partial charge in [-0.05, 0) is 39.6 Å². The van der Waals surface area contributed by atoms with E-state index in [2.05, 4.69) is 30.9 Å². The maximum Gasteiger partial charge on any atom is 0.0885 e. The first-order valence-corrected chi connectivity index (χ1v) is 6.09. The molecule has 0 atom stereocenters. The molecule has 0 aromatic heterocycles. The highest BCUT2D eigenvalue weighted by atomic mass is 16.5. The molecule has 0 bridgehead atoms. The number of nitrogens with one attached hydrogen (secondary N) is 1. The second-order valence-electron chi connectivity index (χ2n) is 4.23. The number of ether oxygens (including phenoxy) is 1. The van der Waals surface area contributed by atoms with Crippen molar-refractivity contribution >= 4 is 0 Å². The fraction of sp³-hybridized carbons (Fsp3) is 0.571. The Bertz CT molecular complexity index is 245. The topological polar surface area (TPSA) is 24.5 Å². The van der Waals surface area contributed by atoms with Crippen molar-refractivity contribution in [2.45, 2.75) is 13.3 Å². The van der Waals surface area contributed by atoms with Crippen molar-refractivity contribution in [3.63, 3.8) is 0 Å². The first-order valence-electron chi connectivity index (χ1n) is 6.09. The molecule has 0 rings (SSSR count). The molecule has 0 spiro atoms. The molecule has 0 saturated carbocycles. The van der Waals surface area contributed by atoms with Crippen LogP contribution in [-0.4, -0.2) is 45.2 Å². The standard InChI is InChI=1S/C14H26N2O/c1-5-6-8-14(2)13-17-12-7-9-15-10-11-16(3)4/h5-6,8,13,15H,1,7,9-12H2,2-4H3/b8-6-,14-13-. The van der Waals surface area contributed by atoms with Crippen molar-refractivity contribution in [2.75, 3.05) is 40.3 Å². The van der Waals surface area contributed by atoms with Crippen molar-refractivity contribution in [1.82, 2.24) is 10.2 Å². The first-order chi connectivity index (χ1) is 8.16. The van der Waals surface area contributed by atoms with E-state index in [9.17, 15) is 0 Å². The Morgan fingerprint density at radius 3 is 2.76 bits per heavy atom. The third kappa shape index (κ3) is 12.9. The molecule has 98 valence electrons. The van der Waals surface area contributed by atoms with Crippen molar-refractivity contribution in [1.29, 1.82) is 0 Å². The predicted molar refractivity (Wildman–Crippen MR) is 75.1 cm³/mol. The number of hydrogen-bond donors (Lipinski definition) is 1. The van der Waals surface area contributed by atoms with Gasteiger partial charge in [0.25, 0.3) is 0 Å². The molecule has 0 heterocycles. The molecule has 0 fully saturated rings. The number of rotatable bonds is 10. The van der Waals surface area contributed by atoms with Gasteiger partial charge in [0.05, 0.1) is 12.9 Å². The lowest BCUT2D eigenvalue weighted by Gasteiger charge is -2.10. The largest absolute Gasteiger partial charge is 0.501 e. The van der Waals surface area contributed by atoms with Gasteiger partial charge < -0.3 is 15.0 Å². The van der Waals surface area contributed by atoms with Crippen LogP contribution < -0.4 is 5.32 Å². The molecule has 0 radical (unpaired) electrons. The predicted octanol–water partition coefficient (Wildman–Crippen LogP) is 2.19. The van der Waals surface area contributed by atoms with Crippen LogP contribution in [0.3, 0.4) is 0 Å². The van der Waals surface area contributed by atoms with Crippen LogP contribution in [0.5, 0.6) is 0 Å². The Kier molecular flexibility index (Phi) is 10.7. The zero-order valence-electron chi connectivity index (χ0n) is 11.4. The van der Waals surface area contributed by atoms with E-state index in [0.717, 1.165) is 38.2 Å². The average molecular weight is 238 g/mol. The Labute approximate surface area is 106 Å². The molecule has 0 aliphatic rings. The monoisotopic (exact) mass is 238 g/mol. The summed E-state index contributed by atoms with van der Waals surface area (Å²) in [6.45, 7) is 9.49. The molecule has 0 aromatic rings. The van der Waals surface area contributed by atoms with Crippen LogP contribution >= 0.6 is 0 Å². The van der Waals surface area contributed by atoms with Crippen LogP contribution in [0.2, 0.25) is 0 Å². The fourth-order valence-electron chi connectivity index (χ4n) is 1.16. The number of likely N-dealkylation sites (N-methyl/N-ethyl adjacent to an activating group) is 1. The van der Waals surface area contributed by atoms with Gasteiger partial charge in [0.2, 0.25) is 0 Å². The van der Waals surface area contributed by atoms with E-state index >= 15 is 0 Å². The highest BCUT2D eigenvalue weighted by molar-refractivity contribution is 5.17. The van der Waals surface area contributed by atoms with Crippen molar-refractivity contribution in [3.8, 4) is 0 Å². The van der Waals surface area contributed by atoms with E-state index in [1.807, 2.05) is 19.1 Å². The van der Waals surface area contributed by atoms with Gasteiger partial charge in [-0.1, -0.05) is 24.8 Å². The SMILES string of the molecule is C=C/C=C\C(C)=C/OCCCNCCN(C)C. The van der Waals surface area contributed by atoms with Gasteiger partial charge in [-0.2, -0.15) is 0 Å². The second kappa shape index (κ2) is 11.4. The summed E-state index contributed by atoms with van der Waals surface area (Å²) < 4.78 is 5.42. The van der Waals surface area contributed by atoms with E-state index in [1.165, 1.54) is 0 Å². The van der Waals surface area contributed by atoms with Crippen molar-refractivity contribution < 1.29 is 4.74 Å². The third-order valence-electron chi connectivity index (χ3n) is 2.12. The molecule has 1 N–H and O–H groups in total. The van der Waals surface area contributed by atoms with Gasteiger partial charge in [-0.25, -0.2) is 0 Å². The van der Waals surface area contributed by atoms with Gasteiger partial charge >= 0.3 is 0 Å². The zero-order valence-corrected chi connectivity index (χ0v) is 11.4. The fourth-order valence-corrected chi connectivity index (χ4v) is 1.16. The maximum atomic E-state index is 5.42. The van der Waals surface area contributed by atoms with Gasteiger partial charge in [0.15, 0.2) is 0 Å². The molecule has 3 nitrogen and oxygen atoms in total. The molecular formula is C14H26N2O. The number of nitrogens with zero attached hydrogens (tertiary/aromatic N) is 1. The minimum Gasteiger partial charge on any atom is -0.501 e. The molecule has 0 aliphatic heterocycles. The van der Waals surface area contributed by atoms with E-state index in [0.29, 0.717) is 0 Å². The summed E-state index contributed by atoms with van der Waals surface area (Å²) in [6.07, 6.45) is 8.45. The Balaban J connectivity index is 3.34. The maximum absolute atomic E-state index is 5.42. The normalized spacial score (nSPS) is 12.4. The summed E-state index contributed by atoms with van der Waals surface area (Å²) in [6, 6.07) is 0. The summed E-state index contributed by atoms with van der Waals surface area (Å²) in [7, 11) is 4.16. The summed E-state index contributed by atoms with van der Waals surface area (Å²) in [5.41, 5.74) is 1.10. The van der Waals surface area contributed by atoms with Crippen LogP contribution in [0.15, 0.2) is 36.6 Å². The van der Waals surface area contributed by atoms with Gasteiger partial charge in [-0.3, -0.25) is 0 Å². The third-order valence-corrected chi connectivity index (χ3v) is 2.12. The quantitative estimate of drug-likeness (QED) is 0.359. The summed E-state index contributed by atoms with van der Waals surface area (Å²) in [5.74, 6) is 0. The summed E-state index contributed by atoms with van der Waals surface area (Å²) in [5, 5.41) is 3.37. The molecule has 0 aliphatic carbocycles. The molecule has 0 aromatic carbocycles. The van der Waals surface area contributed by atoms with Crippen LogP contribution in [0.25, 0.3) is 0 Å². The molecule has 0 amide bonds. The Morgan fingerprint density at radius 2 is 2.12 bits per heavy atom. The van der Waals surface area contributed by atoms with Crippen LogP contribution in [0.1, 0.15) is 13.3 Å². The smallest absolute Gasteiger partial charge is 0.0885 e. The van der Waals surface area contributed by atoms with E-state index in [1.54, 1.807) is 12.3 Å². The van der Waals surface area contributed by atoms with Crippen molar-refractivity contribution in [3.05, 3.63) is 36.6 Å². The van der Waals surface area contributed by atoms with Gasteiger partial charge in [0, 0.05) is 13.1 Å². The minimum absolute atomic E-state index is 0.758. The van der Waals surface area contributed by atoms with Gasteiger partial charge in [-0.15, -0.1) is 0 Å². The lowest BCUT2D eigenvalue weighted by Crippen LogP contribution is -2.27. The molecule has 17 heavy (non-hydrogen) atoms. The zero-order chi connectivity index (χ0) is 12.9. The molecule has 3 heteroatoms. The van der Waals surface area contributed by atoms with Gasteiger partial charge in [0.1, 0.15) is 0 Å². The lowest BCUT2D eigenvalue weighted by atomic mass is 10.3. The molecule has 0 unspecified atom stereocenters. The van der Waals surface area contributed by atoms with E-state index < -0.39 is 0 Å². The Hall–Kier alpha value is -1.06. The second-order valence-corrected chi connectivity index (χ2v) is 4.23. The number of allylic oxidation sites excluding steroid dienone is 4. The van der Waals surface area contributed by atoms with E-state index in [4.69, 9.17) is 4.74 Å². The average Bonchev–Trinajstić information content (AvgIpc) is 2.29. The van der Waals surface area contributed by atoms with Crippen molar-refractivity contribution in [2.24, 2.45) is 0 Å². The lowest BCUT2D eigenvalue weighted by molar-refractivity contribution is 0.241. The van der Waals surface area contributed by atoms with Crippen LogP contribution in [0, 0.1) is 0 Å². The first kappa shape index (κ1) is 15.9. The van der Waals surface area contributed by atoms with Crippen LogP contribution in [-0.2, 0) is 4.74 Å². The minimum atomic E-state index is 0.758. The molecular weight excluding hydrogens is 212 g/mol. The summed E-state index contributed by atoms with van der Waals surface area (Å²) in [4.78, 5) is 2.17. The van der Waals surface area contributed by atoms with E-state index in [-0.39, 0.29) is 0 Å². The number of hydrogen-bond acceptors (Lipinski definition) is 3. The molecule has 0 saturated heterocycles. The highest BCUT2D eigenvalue weighted by Crippen LogP contribution is 1.96. The Morgan fingerprint density at radius 1 is 1.35 bits per heavy atom. The summed E-state index contributed by atoms with van der Waals surface area (Å²) >= 11 is 0. The van der Waals surface area contributed by atoms with Crippen LogP contribution in [0.4, 0.5) is 0 Å².